The Balaban J connectivity index is 1.26. The fourth-order valence-electron chi connectivity index (χ4n) is 8.00. The van der Waals surface area contributed by atoms with Crippen LogP contribution in [0.3, 0.4) is 0 Å². The van der Waals surface area contributed by atoms with Crippen LogP contribution in [0.15, 0.2) is 146 Å². The molecule has 0 N–H and O–H groups in total. The monoisotopic (exact) mass is 774 g/mol. The van der Waals surface area contributed by atoms with Crippen LogP contribution in [0.4, 0.5) is 42.8 Å². The van der Waals surface area contributed by atoms with E-state index >= 15 is 0 Å². The summed E-state index contributed by atoms with van der Waals surface area (Å²) in [6.45, 7) is 8.88. The molecule has 8 aromatic rings. The predicted molar refractivity (Wildman–Crippen MR) is 236 cm³/mol. The molecule has 266 valence electrons. The van der Waals surface area contributed by atoms with Crippen LogP contribution in [0.5, 0.6) is 0 Å². The van der Waals surface area contributed by atoms with Crippen molar-refractivity contribution in [1.82, 2.24) is 0 Å². The number of nitrogens with zero attached hydrogens (tertiary/aromatic N) is 4. The average molecular weight is 775 g/mol. The van der Waals surface area contributed by atoms with Gasteiger partial charge in [-0.2, -0.15) is 0 Å². The second-order valence-corrected chi connectivity index (χ2v) is 19.0. The van der Waals surface area contributed by atoms with Gasteiger partial charge in [-0.05, 0) is 123 Å². The Kier molecular flexibility index (Phi) is 8.25. The second-order valence-electron chi connectivity index (χ2n) is 14.0. The standard InChI is InChI=1S/C46H38N4S4/c1-29-15-23-41(51-29)47-37-21-19-35(33-11-7-5-8-12-33)27-39(37)49(43-25-17-31(3)53-43)45(47)46-48(42-24-16-30(2)52-42)38-22-20-36(34-13-9-6-10-14-34)28-40(38)50(46)44-26-18-32(4)54-44/h5-28,45-46H,1-4H3. The van der Waals surface area contributed by atoms with E-state index in [-0.39, 0.29) is 12.3 Å². The summed E-state index contributed by atoms with van der Waals surface area (Å²) in [5.74, 6) is 0. The normalized spacial score (nSPS) is 16.4. The van der Waals surface area contributed by atoms with Gasteiger partial charge in [0.05, 0.1) is 42.8 Å². The summed E-state index contributed by atoms with van der Waals surface area (Å²) in [5.41, 5.74) is 9.76. The largest absolute Gasteiger partial charge is 0.306 e. The molecular weight excluding hydrogens is 737 g/mol. The van der Waals surface area contributed by atoms with E-state index in [1.54, 1.807) is 0 Å². The van der Waals surface area contributed by atoms with E-state index in [0.717, 1.165) is 0 Å². The van der Waals surface area contributed by atoms with E-state index in [0.29, 0.717) is 0 Å². The molecule has 54 heavy (non-hydrogen) atoms. The highest BCUT2D eigenvalue weighted by atomic mass is 32.1. The smallest absolute Gasteiger partial charge is 0.152 e. The fraction of sp³-hybridized carbons (Fsp3) is 0.130. The molecular formula is C46H38N4S4. The van der Waals surface area contributed by atoms with Crippen LogP contribution in [0, 0.1) is 27.7 Å². The first-order valence-electron chi connectivity index (χ1n) is 18.2. The number of hydrogen-bond donors (Lipinski definition) is 0. The van der Waals surface area contributed by atoms with Crippen LogP contribution < -0.4 is 19.6 Å². The van der Waals surface area contributed by atoms with Crippen LogP contribution in [0.25, 0.3) is 22.3 Å². The van der Waals surface area contributed by atoms with Crippen molar-refractivity contribution in [3.8, 4) is 22.3 Å². The number of anilines is 8. The van der Waals surface area contributed by atoms with Crippen LogP contribution >= 0.6 is 45.3 Å². The lowest BCUT2D eigenvalue weighted by atomic mass is 10.0. The first kappa shape index (κ1) is 33.4. The Labute approximate surface area is 333 Å². The molecule has 8 heteroatoms. The molecule has 0 radical (unpaired) electrons. The summed E-state index contributed by atoms with van der Waals surface area (Å²) in [6.07, 6.45) is -0.279. The molecule has 0 fully saturated rings. The minimum absolute atomic E-state index is 0.139. The molecule has 0 saturated heterocycles. The number of fused-ring (bicyclic) bond motifs is 2. The molecule has 10 rings (SSSR count). The number of benzene rings is 4. The maximum Gasteiger partial charge on any atom is 0.152 e. The zero-order valence-corrected chi connectivity index (χ0v) is 33.7. The first-order chi connectivity index (χ1) is 26.4. The lowest BCUT2D eigenvalue weighted by Gasteiger charge is -2.43. The van der Waals surface area contributed by atoms with E-state index in [4.69, 9.17) is 0 Å². The van der Waals surface area contributed by atoms with Gasteiger partial charge in [0.1, 0.15) is 0 Å². The lowest BCUT2D eigenvalue weighted by Crippen LogP contribution is -2.57. The van der Waals surface area contributed by atoms with Gasteiger partial charge in [-0.3, -0.25) is 0 Å². The third kappa shape index (κ3) is 5.59. The highest BCUT2D eigenvalue weighted by Gasteiger charge is 2.53. The van der Waals surface area contributed by atoms with Crippen molar-refractivity contribution in [2.45, 2.75) is 40.0 Å². The van der Waals surface area contributed by atoms with Crippen molar-refractivity contribution in [2.24, 2.45) is 0 Å². The van der Waals surface area contributed by atoms with E-state index in [1.807, 2.05) is 45.3 Å². The molecule has 2 unspecified atom stereocenters. The molecule has 0 aliphatic carbocycles. The maximum atomic E-state index is 2.64. The molecule has 2 aliphatic rings. The molecule has 0 saturated carbocycles. The fourth-order valence-corrected chi connectivity index (χ4v) is 11.6. The maximum absolute atomic E-state index is 2.64. The molecule has 4 aromatic heterocycles. The molecule has 0 amide bonds. The summed E-state index contributed by atoms with van der Waals surface area (Å²) < 4.78 is 0. The number of hydrogen-bond acceptors (Lipinski definition) is 8. The van der Waals surface area contributed by atoms with Crippen molar-refractivity contribution in [2.75, 3.05) is 19.6 Å². The van der Waals surface area contributed by atoms with Crippen LogP contribution in [-0.4, -0.2) is 12.3 Å². The summed E-state index contributed by atoms with van der Waals surface area (Å²) >= 11 is 7.49. The molecule has 4 aromatic carbocycles. The molecule has 2 aliphatic heterocycles. The van der Waals surface area contributed by atoms with Crippen LogP contribution in [-0.2, 0) is 0 Å². The van der Waals surface area contributed by atoms with E-state index < -0.39 is 0 Å². The second kappa shape index (κ2) is 13.3. The molecule has 0 bridgehead atoms. The molecule has 2 atom stereocenters. The molecule has 4 nitrogen and oxygen atoms in total. The van der Waals surface area contributed by atoms with Gasteiger partial charge in [0, 0.05) is 19.5 Å². The Morgan fingerprint density at radius 1 is 0.315 bits per heavy atom. The summed E-state index contributed by atoms with van der Waals surface area (Å²) in [5, 5.41) is 4.97. The van der Waals surface area contributed by atoms with E-state index in [2.05, 4.69) is 193 Å². The number of rotatable bonds is 7. The lowest BCUT2D eigenvalue weighted by molar-refractivity contribution is 0.556. The quantitative estimate of drug-likeness (QED) is 0.160. The Morgan fingerprint density at radius 3 is 0.926 bits per heavy atom. The van der Waals surface area contributed by atoms with Crippen LogP contribution in [0.1, 0.15) is 19.5 Å². The molecule has 0 spiro atoms. The Morgan fingerprint density at radius 2 is 0.630 bits per heavy atom. The minimum atomic E-state index is -0.139. The summed E-state index contributed by atoms with van der Waals surface area (Å²) in [6, 6.07) is 54.1. The van der Waals surface area contributed by atoms with Crippen molar-refractivity contribution in [3.05, 3.63) is 165 Å². The van der Waals surface area contributed by atoms with Crippen LogP contribution in [0.2, 0.25) is 0 Å². The zero-order chi connectivity index (χ0) is 36.5. The van der Waals surface area contributed by atoms with Crippen molar-refractivity contribution in [3.63, 3.8) is 0 Å². The minimum Gasteiger partial charge on any atom is -0.306 e. The highest BCUT2D eigenvalue weighted by Crippen LogP contribution is 2.59. The number of thiophene rings is 4. The zero-order valence-electron chi connectivity index (χ0n) is 30.4. The predicted octanol–water partition coefficient (Wildman–Crippen LogP) is 14.4. The summed E-state index contributed by atoms with van der Waals surface area (Å²) in [4.78, 5) is 15.8. The highest BCUT2D eigenvalue weighted by molar-refractivity contribution is 7.17. The SMILES string of the molecule is Cc1ccc(N2c3ccc(-c4ccccc4)cc3N(c3ccc(C)s3)C2C2N(c3ccc(C)s3)c3ccc(-c4ccccc4)cc3N2c2ccc(C)s2)s1. The Hall–Kier alpha value is -5.12. The van der Waals surface area contributed by atoms with Crippen molar-refractivity contribution >= 4 is 88.1 Å². The Bertz CT molecular complexity index is 2430. The van der Waals surface area contributed by atoms with Gasteiger partial charge in [-0.15, -0.1) is 45.3 Å². The third-order valence-electron chi connectivity index (χ3n) is 10.4. The van der Waals surface area contributed by atoms with Gasteiger partial charge in [-0.1, -0.05) is 72.8 Å². The van der Waals surface area contributed by atoms with Crippen molar-refractivity contribution < 1.29 is 0 Å². The third-order valence-corrected chi connectivity index (χ3v) is 14.4. The van der Waals surface area contributed by atoms with Gasteiger partial charge in [0.25, 0.3) is 0 Å². The number of aryl methyl sites for hydroxylation is 4. The summed E-state index contributed by atoms with van der Waals surface area (Å²) in [7, 11) is 0. The van der Waals surface area contributed by atoms with Gasteiger partial charge >= 0.3 is 0 Å². The van der Waals surface area contributed by atoms with Crippen molar-refractivity contribution in [1.29, 1.82) is 0 Å². The molecule has 6 heterocycles. The van der Waals surface area contributed by atoms with Gasteiger partial charge < -0.3 is 19.6 Å². The van der Waals surface area contributed by atoms with Gasteiger partial charge in [0.15, 0.2) is 12.3 Å². The topological polar surface area (TPSA) is 13.0 Å². The van der Waals surface area contributed by atoms with Gasteiger partial charge in [0.2, 0.25) is 0 Å². The first-order valence-corrected chi connectivity index (χ1v) is 21.5. The average Bonchev–Trinajstić information content (AvgIpc) is 4.06. The van der Waals surface area contributed by atoms with E-state index in [9.17, 15) is 0 Å². The van der Waals surface area contributed by atoms with E-state index in [1.165, 1.54) is 84.5 Å². The van der Waals surface area contributed by atoms with Gasteiger partial charge in [-0.25, -0.2) is 0 Å².